The predicted octanol–water partition coefficient (Wildman–Crippen LogP) is 12.0. The van der Waals surface area contributed by atoms with Crippen LogP contribution < -0.4 is 4.74 Å². The van der Waals surface area contributed by atoms with Crippen molar-refractivity contribution in [3.05, 3.63) is 37.1 Å². The quantitative estimate of drug-likeness (QED) is 0.0952. The first-order valence-corrected chi connectivity index (χ1v) is 17.2. The third-order valence-corrected chi connectivity index (χ3v) is 11.5. The molecule has 0 fully saturated rings. The molecule has 1 unspecified atom stereocenters. The van der Waals surface area contributed by atoms with Crippen LogP contribution >= 0.6 is 57.1 Å². The molecule has 2 heterocycles. The molecule has 7 heteroatoms. The molecule has 1 aromatic carbocycles. The average molecular weight is 704 g/mol. The molecule has 3 nitrogen and oxygen atoms in total. The minimum atomic E-state index is 0.0309. The Bertz CT molecular complexity index is 1220. The van der Waals surface area contributed by atoms with Gasteiger partial charge in [0.05, 0.1) is 13.3 Å². The Kier molecular flexibility index (Phi) is 12.2. The van der Waals surface area contributed by atoms with E-state index in [-0.39, 0.29) is 11.5 Å². The first-order chi connectivity index (χ1) is 18.5. The lowest BCUT2D eigenvalue weighted by Gasteiger charge is -2.50. The molecule has 0 spiro atoms. The van der Waals surface area contributed by atoms with Crippen molar-refractivity contribution >= 4 is 67.3 Å². The Morgan fingerprint density at radius 3 is 2.15 bits per heavy atom. The highest BCUT2D eigenvalue weighted by Gasteiger charge is 2.48. The van der Waals surface area contributed by atoms with Crippen LogP contribution in [0.15, 0.2) is 18.5 Å². The number of benzene rings is 1. The highest BCUT2D eigenvalue weighted by molar-refractivity contribution is 14.1. The Hall–Kier alpha value is -0.630. The van der Waals surface area contributed by atoms with Crippen LogP contribution in [0.5, 0.6) is 5.75 Å². The molecule has 0 aliphatic carbocycles. The Labute approximate surface area is 264 Å². The van der Waals surface area contributed by atoms with Gasteiger partial charge in [-0.2, -0.15) is 0 Å². The van der Waals surface area contributed by atoms with Gasteiger partial charge < -0.3 is 4.74 Å². The molecular formula is C32H45Cl2IN2OS. The largest absolute Gasteiger partial charge is 0.488 e. The fourth-order valence-corrected chi connectivity index (χ4v) is 9.49. The van der Waals surface area contributed by atoms with Gasteiger partial charge in [-0.1, -0.05) is 110 Å². The van der Waals surface area contributed by atoms with Crippen molar-refractivity contribution in [2.75, 3.05) is 0 Å². The van der Waals surface area contributed by atoms with Crippen molar-refractivity contribution < 1.29 is 4.74 Å². The molecule has 39 heavy (non-hydrogen) atoms. The van der Waals surface area contributed by atoms with E-state index in [0.717, 1.165) is 42.0 Å². The summed E-state index contributed by atoms with van der Waals surface area (Å²) < 4.78 is 8.16. The van der Waals surface area contributed by atoms with Crippen LogP contribution in [0.25, 0.3) is 21.3 Å². The number of hydrogen-bond donors (Lipinski definition) is 0. The lowest BCUT2D eigenvalue weighted by molar-refractivity contribution is -0.0713. The van der Waals surface area contributed by atoms with Gasteiger partial charge in [0.15, 0.2) is 0 Å². The molecule has 3 rings (SSSR count). The first kappa shape index (κ1) is 32.9. The Morgan fingerprint density at radius 1 is 0.923 bits per heavy atom. The minimum absolute atomic E-state index is 0.0309. The van der Waals surface area contributed by atoms with Crippen molar-refractivity contribution in [2.45, 2.75) is 106 Å². The van der Waals surface area contributed by atoms with Gasteiger partial charge in [0, 0.05) is 11.0 Å². The molecule has 0 bridgehead atoms. The number of aromatic nitrogens is 2. The highest BCUT2D eigenvalue weighted by atomic mass is 127. The summed E-state index contributed by atoms with van der Waals surface area (Å²) in [5.74, 6) is 2.20. The number of hydrogen-bond acceptors (Lipinski definition) is 4. The summed E-state index contributed by atoms with van der Waals surface area (Å²) in [5.41, 5.74) is 3.13. The van der Waals surface area contributed by atoms with Gasteiger partial charge in [0.25, 0.3) is 0 Å². The summed E-state index contributed by atoms with van der Waals surface area (Å²) in [4.78, 5) is 9.58. The summed E-state index contributed by atoms with van der Waals surface area (Å²) in [7, 11) is 0. The Balaban J connectivity index is 2.01. The van der Waals surface area contributed by atoms with Crippen LogP contribution in [0.2, 0.25) is 10.2 Å². The SMILES string of the molecule is CCCCCCCCC(Oc1ccc(-c2c(I)sc3ncnc(Cl)c23)c(C)c1Cl)C(C(C)C)(C(C)C)C(C)C. The van der Waals surface area contributed by atoms with Crippen LogP contribution in [0.1, 0.15) is 99.0 Å². The summed E-state index contributed by atoms with van der Waals surface area (Å²) in [6.07, 6.45) is 10.3. The smallest absolute Gasteiger partial charge is 0.141 e. The molecule has 0 aliphatic rings. The van der Waals surface area contributed by atoms with Gasteiger partial charge in [-0.25, -0.2) is 9.97 Å². The van der Waals surface area contributed by atoms with Gasteiger partial charge in [-0.05, 0) is 77.3 Å². The highest BCUT2D eigenvalue weighted by Crippen LogP contribution is 2.50. The molecule has 0 N–H and O–H groups in total. The van der Waals surface area contributed by atoms with E-state index in [1.54, 1.807) is 11.3 Å². The normalized spacial score (nSPS) is 13.3. The fourth-order valence-electron chi connectivity index (χ4n) is 6.92. The fraction of sp³-hybridized carbons (Fsp3) is 0.625. The molecule has 2 aromatic heterocycles. The average Bonchev–Trinajstić information content (AvgIpc) is 3.20. The number of ether oxygens (including phenoxy) is 1. The van der Waals surface area contributed by atoms with E-state index in [1.165, 1.54) is 44.9 Å². The molecule has 0 aliphatic heterocycles. The van der Waals surface area contributed by atoms with Crippen molar-refractivity contribution in [1.82, 2.24) is 9.97 Å². The summed E-state index contributed by atoms with van der Waals surface area (Å²) in [5, 5.41) is 2.04. The molecule has 0 radical (unpaired) electrons. The van der Waals surface area contributed by atoms with E-state index in [9.17, 15) is 0 Å². The topological polar surface area (TPSA) is 35.0 Å². The van der Waals surface area contributed by atoms with Crippen molar-refractivity contribution in [1.29, 1.82) is 0 Å². The van der Waals surface area contributed by atoms with Crippen LogP contribution in [0.4, 0.5) is 0 Å². The second-order valence-electron chi connectivity index (χ2n) is 11.8. The molecule has 0 saturated carbocycles. The van der Waals surface area contributed by atoms with Gasteiger partial charge in [-0.3, -0.25) is 0 Å². The van der Waals surface area contributed by atoms with Gasteiger partial charge in [0.1, 0.15) is 28.2 Å². The van der Waals surface area contributed by atoms with Crippen molar-refractivity contribution in [2.24, 2.45) is 23.2 Å². The summed E-state index contributed by atoms with van der Waals surface area (Å²) in [6, 6.07) is 4.19. The second kappa shape index (κ2) is 14.5. The van der Waals surface area contributed by atoms with Crippen LogP contribution in [0.3, 0.4) is 0 Å². The summed E-state index contributed by atoms with van der Waals surface area (Å²) >= 11 is 17.7. The van der Waals surface area contributed by atoms with E-state index in [0.29, 0.717) is 27.9 Å². The van der Waals surface area contributed by atoms with Crippen LogP contribution in [0, 0.1) is 33.0 Å². The number of halogens is 3. The van der Waals surface area contributed by atoms with E-state index >= 15 is 0 Å². The van der Waals surface area contributed by atoms with Crippen LogP contribution in [-0.4, -0.2) is 16.1 Å². The zero-order valence-electron chi connectivity index (χ0n) is 24.8. The maximum absolute atomic E-state index is 7.12. The lowest BCUT2D eigenvalue weighted by atomic mass is 9.58. The van der Waals surface area contributed by atoms with Gasteiger partial charge >= 0.3 is 0 Å². The maximum Gasteiger partial charge on any atom is 0.141 e. The third-order valence-electron chi connectivity index (χ3n) is 8.67. The van der Waals surface area contributed by atoms with Crippen molar-refractivity contribution in [3.8, 4) is 16.9 Å². The molecule has 3 aromatic rings. The number of unbranched alkanes of at least 4 members (excludes halogenated alkanes) is 5. The maximum atomic E-state index is 7.12. The minimum Gasteiger partial charge on any atom is -0.488 e. The second-order valence-corrected chi connectivity index (χ2v) is 15.3. The zero-order valence-corrected chi connectivity index (χ0v) is 29.3. The number of rotatable bonds is 14. The lowest BCUT2D eigenvalue weighted by Crippen LogP contribution is -2.51. The monoisotopic (exact) mass is 702 g/mol. The third kappa shape index (κ3) is 6.89. The molecule has 0 amide bonds. The summed E-state index contributed by atoms with van der Waals surface area (Å²) in [6.45, 7) is 18.5. The van der Waals surface area contributed by atoms with E-state index < -0.39 is 0 Å². The number of nitrogens with zero attached hydrogens (tertiary/aromatic N) is 2. The van der Waals surface area contributed by atoms with E-state index in [1.807, 2.05) is 0 Å². The van der Waals surface area contributed by atoms with Gasteiger partial charge in [-0.15, -0.1) is 11.3 Å². The van der Waals surface area contributed by atoms with Gasteiger partial charge in [0.2, 0.25) is 0 Å². The molecule has 0 saturated heterocycles. The van der Waals surface area contributed by atoms with E-state index in [2.05, 4.69) is 100 Å². The number of thiophene rings is 1. The molecule has 1 atom stereocenters. The first-order valence-electron chi connectivity index (χ1n) is 14.5. The van der Waals surface area contributed by atoms with Crippen LogP contribution in [-0.2, 0) is 0 Å². The predicted molar refractivity (Wildman–Crippen MR) is 180 cm³/mol. The van der Waals surface area contributed by atoms with E-state index in [4.69, 9.17) is 27.9 Å². The molecular weight excluding hydrogens is 658 g/mol. The molecule has 216 valence electrons. The Morgan fingerprint density at radius 2 is 1.54 bits per heavy atom. The standard InChI is InChI=1S/C32H45Cl2IN2OS/c1-9-10-11-12-13-14-15-25(32(19(2)3,20(4)5)21(6)7)38-24-17-16-23(22(8)28(24)33)26-27-29(34)36-18-37-31(27)39-30(26)35/h16-21,25H,9-15H2,1-8H3. The van der Waals surface area contributed by atoms with Crippen molar-refractivity contribution in [3.63, 3.8) is 0 Å². The zero-order chi connectivity index (χ0) is 28.9. The number of fused-ring (bicyclic) bond motifs is 1.